The Kier molecular flexibility index (Phi) is 5.11. The van der Waals surface area contributed by atoms with Crippen LogP contribution in [-0.4, -0.2) is 32.3 Å². The molecule has 7 rings (SSSR count). The fourth-order valence-electron chi connectivity index (χ4n) is 6.93. The van der Waals surface area contributed by atoms with Crippen LogP contribution in [0, 0.1) is 27.9 Å². The normalized spacial score (nSPS) is 24.7. The number of nitro benzene ring substituents is 1. The first-order valence-electron chi connectivity index (χ1n) is 13.3. The summed E-state index contributed by atoms with van der Waals surface area (Å²) in [5.74, 6) is -1.97. The van der Waals surface area contributed by atoms with E-state index >= 15 is 0 Å². The third-order valence-corrected chi connectivity index (χ3v) is 8.39. The molecule has 0 radical (unpaired) electrons. The highest BCUT2D eigenvalue weighted by Crippen LogP contribution is 2.56. The fourth-order valence-corrected chi connectivity index (χ4v) is 6.93. The molecule has 0 aliphatic carbocycles. The molecule has 1 N–H and O–H groups in total. The van der Waals surface area contributed by atoms with Gasteiger partial charge in [-0.05, 0) is 36.6 Å². The molecule has 2 saturated heterocycles. The van der Waals surface area contributed by atoms with Gasteiger partial charge in [0.1, 0.15) is 11.4 Å². The van der Waals surface area contributed by atoms with Gasteiger partial charge in [0, 0.05) is 23.7 Å². The van der Waals surface area contributed by atoms with Crippen molar-refractivity contribution in [3.8, 4) is 5.69 Å². The maximum absolute atomic E-state index is 14.4. The highest BCUT2D eigenvalue weighted by atomic mass is 16.6. The van der Waals surface area contributed by atoms with Gasteiger partial charge in [-0.25, -0.2) is 9.88 Å². The molecule has 10 heteroatoms. The summed E-state index contributed by atoms with van der Waals surface area (Å²) in [6.07, 6.45) is 0.602. The van der Waals surface area contributed by atoms with Crippen LogP contribution in [0.15, 0.2) is 77.6 Å². The van der Waals surface area contributed by atoms with Gasteiger partial charge >= 0.3 is 0 Å². The quantitative estimate of drug-likeness (QED) is 0.240. The molecule has 40 heavy (non-hydrogen) atoms. The molecule has 0 saturated carbocycles. The lowest BCUT2D eigenvalue weighted by molar-refractivity contribution is -0.384. The zero-order valence-electron chi connectivity index (χ0n) is 21.8. The topological polar surface area (TPSA) is 127 Å². The Balaban J connectivity index is 1.50. The van der Waals surface area contributed by atoms with Crippen molar-refractivity contribution < 1.29 is 14.5 Å². The van der Waals surface area contributed by atoms with Crippen molar-refractivity contribution in [3.63, 3.8) is 0 Å². The van der Waals surface area contributed by atoms with Crippen molar-refractivity contribution in [1.82, 2.24) is 14.9 Å². The molecule has 2 fully saturated rings. The summed E-state index contributed by atoms with van der Waals surface area (Å²) >= 11 is 0. The van der Waals surface area contributed by atoms with Crippen LogP contribution in [0.5, 0.6) is 0 Å². The van der Waals surface area contributed by atoms with E-state index < -0.39 is 40.2 Å². The number of nitrogens with one attached hydrogen (secondary N) is 1. The number of nitro groups is 1. The SMILES string of the molecule is CC(C)CC1NC2(c3ccccc3-n3c2nc2ccccc2c3=O)[C@H]2C(=O)N(c3cccc([N+](=O)[O-])c3)C(=O)[C@@H]12. The molecule has 0 bridgehead atoms. The monoisotopic (exact) mass is 535 g/mol. The molecule has 10 nitrogen and oxygen atoms in total. The number of non-ortho nitro benzene ring substituents is 1. The average molecular weight is 536 g/mol. The first-order chi connectivity index (χ1) is 19.2. The number of fused-ring (bicyclic) bond motifs is 8. The van der Waals surface area contributed by atoms with Gasteiger partial charge in [-0.15, -0.1) is 0 Å². The van der Waals surface area contributed by atoms with Gasteiger partial charge in [-0.1, -0.05) is 50.2 Å². The molecule has 3 aromatic carbocycles. The summed E-state index contributed by atoms with van der Waals surface area (Å²) in [5, 5.41) is 15.6. The highest BCUT2D eigenvalue weighted by Gasteiger charge is 2.69. The Morgan fingerprint density at radius 3 is 2.52 bits per heavy atom. The molecule has 3 aliphatic rings. The number of para-hydroxylation sites is 2. The Morgan fingerprint density at radius 2 is 1.75 bits per heavy atom. The van der Waals surface area contributed by atoms with Crippen molar-refractivity contribution >= 4 is 34.1 Å². The summed E-state index contributed by atoms with van der Waals surface area (Å²) in [7, 11) is 0. The zero-order chi connectivity index (χ0) is 27.9. The number of rotatable bonds is 4. The van der Waals surface area contributed by atoms with Crippen LogP contribution >= 0.6 is 0 Å². The molecular formula is C30H25N5O5. The van der Waals surface area contributed by atoms with E-state index in [1.807, 2.05) is 38.1 Å². The van der Waals surface area contributed by atoms with Crippen LogP contribution < -0.4 is 15.8 Å². The fraction of sp³-hybridized carbons (Fsp3) is 0.267. The van der Waals surface area contributed by atoms with E-state index in [4.69, 9.17) is 4.98 Å². The molecule has 4 aromatic rings. The number of imide groups is 1. The second kappa shape index (κ2) is 8.40. The van der Waals surface area contributed by atoms with Gasteiger partial charge in [0.15, 0.2) is 0 Å². The number of benzene rings is 3. The van der Waals surface area contributed by atoms with E-state index in [1.54, 1.807) is 28.8 Å². The average Bonchev–Trinajstić information content (AvgIpc) is 3.51. The summed E-state index contributed by atoms with van der Waals surface area (Å²) in [5.41, 5.74) is 0.285. The second-order valence-electron chi connectivity index (χ2n) is 11.1. The lowest BCUT2D eigenvalue weighted by Gasteiger charge is -2.32. The number of hydrogen-bond donors (Lipinski definition) is 1. The number of anilines is 1. The largest absolute Gasteiger partial charge is 0.297 e. The molecule has 1 aromatic heterocycles. The number of carbonyl (C=O) groups is 2. The Morgan fingerprint density at radius 1 is 1.00 bits per heavy atom. The summed E-state index contributed by atoms with van der Waals surface area (Å²) < 4.78 is 1.56. The molecule has 3 aliphatic heterocycles. The van der Waals surface area contributed by atoms with Crippen LogP contribution in [0.3, 0.4) is 0 Å². The Labute approximate surface area is 228 Å². The third-order valence-electron chi connectivity index (χ3n) is 8.39. The first-order valence-corrected chi connectivity index (χ1v) is 13.3. The summed E-state index contributed by atoms with van der Waals surface area (Å²) in [4.78, 5) is 59.4. The molecule has 2 unspecified atom stereocenters. The van der Waals surface area contributed by atoms with Crippen molar-refractivity contribution in [1.29, 1.82) is 0 Å². The van der Waals surface area contributed by atoms with Crippen LogP contribution in [0.25, 0.3) is 16.6 Å². The number of amides is 2. The summed E-state index contributed by atoms with van der Waals surface area (Å²) in [6, 6.07) is 19.7. The van der Waals surface area contributed by atoms with E-state index in [9.17, 15) is 24.5 Å². The minimum Gasteiger partial charge on any atom is -0.297 e. The van der Waals surface area contributed by atoms with Crippen LogP contribution in [0.2, 0.25) is 0 Å². The van der Waals surface area contributed by atoms with E-state index in [0.717, 1.165) is 4.90 Å². The predicted octanol–water partition coefficient (Wildman–Crippen LogP) is 3.67. The smallest absolute Gasteiger partial charge is 0.271 e. The van der Waals surface area contributed by atoms with Gasteiger partial charge in [0.25, 0.3) is 11.2 Å². The molecule has 200 valence electrons. The maximum Gasteiger partial charge on any atom is 0.271 e. The first kappa shape index (κ1) is 24.3. The predicted molar refractivity (Wildman–Crippen MR) is 147 cm³/mol. The number of aromatic nitrogens is 2. The minimum atomic E-state index is -1.24. The number of carbonyl (C=O) groups excluding carboxylic acids is 2. The van der Waals surface area contributed by atoms with Crippen molar-refractivity contribution in [2.75, 3.05) is 4.90 Å². The molecule has 1 spiro atoms. The minimum absolute atomic E-state index is 0.159. The van der Waals surface area contributed by atoms with E-state index in [2.05, 4.69) is 5.32 Å². The van der Waals surface area contributed by atoms with Gasteiger partial charge in [0.05, 0.1) is 39.0 Å². The van der Waals surface area contributed by atoms with Crippen LogP contribution in [0.4, 0.5) is 11.4 Å². The second-order valence-corrected chi connectivity index (χ2v) is 11.1. The molecule has 4 heterocycles. The van der Waals surface area contributed by atoms with E-state index in [-0.39, 0.29) is 22.9 Å². The summed E-state index contributed by atoms with van der Waals surface area (Å²) in [6.45, 7) is 4.10. The van der Waals surface area contributed by atoms with Crippen LogP contribution in [-0.2, 0) is 15.1 Å². The lowest BCUT2D eigenvalue weighted by atomic mass is 9.75. The number of hydrogen-bond acceptors (Lipinski definition) is 7. The van der Waals surface area contributed by atoms with Crippen molar-refractivity contribution in [2.24, 2.45) is 17.8 Å². The van der Waals surface area contributed by atoms with Gasteiger partial charge in [-0.2, -0.15) is 0 Å². The molecular weight excluding hydrogens is 510 g/mol. The standard InChI is InChI=1S/C30H25N5O5/c1-16(2)14-22-24-25(28(38)33(27(24)37)17-8-7-9-18(15-17)35(39)40)30(32-22)20-11-4-6-13-23(20)34-26(36)19-10-3-5-12-21(19)31-29(30)34/h3-13,15-16,22,24-25,32H,14H2,1-2H3/t22?,24-,25+,30?/m0/s1. The molecule has 2 amide bonds. The third kappa shape index (κ3) is 3.07. The van der Waals surface area contributed by atoms with Crippen molar-refractivity contribution in [2.45, 2.75) is 31.8 Å². The molecule has 4 atom stereocenters. The van der Waals surface area contributed by atoms with Gasteiger partial charge < -0.3 is 0 Å². The Hall–Kier alpha value is -4.70. The highest BCUT2D eigenvalue weighted by molar-refractivity contribution is 6.23. The maximum atomic E-state index is 14.4. The van der Waals surface area contributed by atoms with Crippen LogP contribution in [0.1, 0.15) is 31.7 Å². The van der Waals surface area contributed by atoms with Gasteiger partial charge in [0.2, 0.25) is 11.8 Å². The lowest BCUT2D eigenvalue weighted by Crippen LogP contribution is -2.50. The zero-order valence-corrected chi connectivity index (χ0v) is 21.8. The Bertz CT molecular complexity index is 1830. The van der Waals surface area contributed by atoms with E-state index in [1.165, 1.54) is 24.3 Å². The van der Waals surface area contributed by atoms with Crippen molar-refractivity contribution in [3.05, 3.63) is 105 Å². The van der Waals surface area contributed by atoms with E-state index in [0.29, 0.717) is 34.4 Å². The number of nitrogens with zero attached hydrogens (tertiary/aromatic N) is 4. The van der Waals surface area contributed by atoms with Gasteiger partial charge in [-0.3, -0.25) is 34.4 Å².